The summed E-state index contributed by atoms with van der Waals surface area (Å²) in [6, 6.07) is 8.86. The molecule has 104 valence electrons. The van der Waals surface area contributed by atoms with Gasteiger partial charge in [0.15, 0.2) is 5.78 Å². The number of esters is 1. The van der Waals surface area contributed by atoms with Gasteiger partial charge in [-0.2, -0.15) is 0 Å². The van der Waals surface area contributed by atoms with E-state index in [0.717, 1.165) is 6.42 Å². The van der Waals surface area contributed by atoms with Crippen LogP contribution in [0.15, 0.2) is 30.3 Å². The summed E-state index contributed by atoms with van der Waals surface area (Å²) in [7, 11) is 0. The lowest BCUT2D eigenvalue weighted by molar-refractivity contribution is -0.153. The highest BCUT2D eigenvalue weighted by Gasteiger charge is 2.42. The van der Waals surface area contributed by atoms with Crippen LogP contribution in [0.1, 0.15) is 40.5 Å². The number of para-hydroxylation sites is 1. The van der Waals surface area contributed by atoms with E-state index in [4.69, 9.17) is 4.74 Å². The summed E-state index contributed by atoms with van der Waals surface area (Å²) >= 11 is 0. The number of hydrogen-bond acceptors (Lipinski definition) is 3. The first kappa shape index (κ1) is 15.4. The Bertz CT molecular complexity index is 439. The summed E-state index contributed by atoms with van der Waals surface area (Å²) in [5.74, 6) is -0.165. The Balaban J connectivity index is 2.90. The number of ketones is 1. The molecule has 0 spiro atoms. The van der Waals surface area contributed by atoms with Crippen molar-refractivity contribution in [3.63, 3.8) is 0 Å². The van der Waals surface area contributed by atoms with E-state index in [9.17, 15) is 9.59 Å². The maximum Gasteiger partial charge on any atom is 0.324 e. The lowest BCUT2D eigenvalue weighted by Crippen LogP contribution is -2.41. The molecule has 0 aliphatic carbocycles. The van der Waals surface area contributed by atoms with Crippen molar-refractivity contribution in [2.24, 2.45) is 11.3 Å². The molecule has 1 rings (SSSR count). The molecule has 0 heterocycles. The SMILES string of the molecule is CCC(C)C(=O)C(C)(CC)C(=O)Oc1ccccc1. The van der Waals surface area contributed by atoms with Gasteiger partial charge in [-0.25, -0.2) is 0 Å². The Morgan fingerprint density at radius 2 is 1.79 bits per heavy atom. The summed E-state index contributed by atoms with van der Waals surface area (Å²) in [6.45, 7) is 7.31. The predicted molar refractivity (Wildman–Crippen MR) is 74.9 cm³/mol. The van der Waals surface area contributed by atoms with Crippen molar-refractivity contribution in [3.05, 3.63) is 30.3 Å². The van der Waals surface area contributed by atoms with E-state index in [2.05, 4.69) is 0 Å². The summed E-state index contributed by atoms with van der Waals surface area (Å²) in [5, 5.41) is 0. The molecule has 3 nitrogen and oxygen atoms in total. The van der Waals surface area contributed by atoms with Gasteiger partial charge in [0.1, 0.15) is 11.2 Å². The second-order valence-corrected chi connectivity index (χ2v) is 5.06. The summed E-state index contributed by atoms with van der Waals surface area (Å²) in [6.07, 6.45) is 1.18. The van der Waals surface area contributed by atoms with E-state index >= 15 is 0 Å². The van der Waals surface area contributed by atoms with Crippen LogP contribution < -0.4 is 4.74 Å². The van der Waals surface area contributed by atoms with Gasteiger partial charge in [-0.1, -0.05) is 39.0 Å². The van der Waals surface area contributed by atoms with Crippen molar-refractivity contribution in [2.75, 3.05) is 0 Å². The molecular weight excluding hydrogens is 240 g/mol. The molecule has 0 aliphatic heterocycles. The monoisotopic (exact) mass is 262 g/mol. The highest BCUT2D eigenvalue weighted by molar-refractivity contribution is 6.04. The average Bonchev–Trinajstić information content (AvgIpc) is 2.45. The minimum atomic E-state index is -1.06. The van der Waals surface area contributed by atoms with Gasteiger partial charge in [0.05, 0.1) is 0 Å². The Morgan fingerprint density at radius 1 is 1.21 bits per heavy atom. The van der Waals surface area contributed by atoms with E-state index in [-0.39, 0.29) is 11.7 Å². The zero-order valence-corrected chi connectivity index (χ0v) is 12.1. The van der Waals surface area contributed by atoms with Crippen LogP contribution in [-0.2, 0) is 9.59 Å². The Hall–Kier alpha value is -1.64. The van der Waals surface area contributed by atoms with Gasteiger partial charge in [-0.3, -0.25) is 9.59 Å². The van der Waals surface area contributed by atoms with E-state index in [0.29, 0.717) is 12.2 Å². The number of carbonyl (C=O) groups is 2. The second kappa shape index (κ2) is 6.50. The molecule has 2 unspecified atom stereocenters. The molecule has 1 aromatic carbocycles. The zero-order valence-electron chi connectivity index (χ0n) is 12.1. The van der Waals surface area contributed by atoms with Gasteiger partial charge in [0, 0.05) is 5.92 Å². The van der Waals surface area contributed by atoms with Gasteiger partial charge in [0.2, 0.25) is 0 Å². The zero-order chi connectivity index (χ0) is 14.5. The lowest BCUT2D eigenvalue weighted by Gasteiger charge is -2.27. The van der Waals surface area contributed by atoms with Crippen LogP contribution in [0.2, 0.25) is 0 Å². The van der Waals surface area contributed by atoms with Crippen LogP contribution in [-0.4, -0.2) is 11.8 Å². The molecular formula is C16H22O3. The van der Waals surface area contributed by atoms with E-state index in [1.165, 1.54) is 0 Å². The fourth-order valence-corrected chi connectivity index (χ4v) is 1.86. The molecule has 0 fully saturated rings. The fraction of sp³-hybridized carbons (Fsp3) is 0.500. The standard InChI is InChI=1S/C16H22O3/c1-5-12(3)14(17)16(4,6-2)15(18)19-13-10-8-7-9-11-13/h7-12H,5-6H2,1-4H3. The van der Waals surface area contributed by atoms with Crippen LogP contribution in [0, 0.1) is 11.3 Å². The van der Waals surface area contributed by atoms with Crippen molar-refractivity contribution in [1.29, 1.82) is 0 Å². The molecule has 0 N–H and O–H groups in total. The molecule has 1 aromatic rings. The Kier molecular flexibility index (Phi) is 5.28. The normalized spacial score (nSPS) is 15.4. The van der Waals surface area contributed by atoms with E-state index in [1.807, 2.05) is 26.8 Å². The van der Waals surface area contributed by atoms with Gasteiger partial charge in [-0.05, 0) is 31.9 Å². The molecule has 0 aliphatic rings. The second-order valence-electron chi connectivity index (χ2n) is 5.06. The number of Topliss-reactive ketones (excluding diaryl/α,β-unsaturated/α-hetero) is 1. The average molecular weight is 262 g/mol. The maximum atomic E-state index is 12.4. The molecule has 0 saturated carbocycles. The van der Waals surface area contributed by atoms with Crippen LogP contribution in [0.25, 0.3) is 0 Å². The third kappa shape index (κ3) is 3.43. The summed E-state index contributed by atoms with van der Waals surface area (Å²) in [5.41, 5.74) is -1.06. The predicted octanol–water partition coefficient (Wildman–Crippen LogP) is 3.62. The number of carbonyl (C=O) groups excluding carboxylic acids is 2. The molecule has 0 aromatic heterocycles. The van der Waals surface area contributed by atoms with Crippen LogP contribution in [0.3, 0.4) is 0 Å². The Labute approximate surface area is 115 Å². The third-order valence-corrected chi connectivity index (χ3v) is 3.72. The number of ether oxygens (including phenoxy) is 1. The first-order chi connectivity index (χ1) is 8.95. The molecule has 0 amide bonds. The molecule has 19 heavy (non-hydrogen) atoms. The van der Waals surface area contributed by atoms with Gasteiger partial charge < -0.3 is 4.74 Å². The number of hydrogen-bond donors (Lipinski definition) is 0. The number of benzene rings is 1. The van der Waals surface area contributed by atoms with Gasteiger partial charge in [0.25, 0.3) is 0 Å². The minimum absolute atomic E-state index is 0.0431. The van der Waals surface area contributed by atoms with Crippen LogP contribution >= 0.6 is 0 Å². The fourth-order valence-electron chi connectivity index (χ4n) is 1.86. The summed E-state index contributed by atoms with van der Waals surface area (Å²) in [4.78, 5) is 24.6. The molecule has 0 bridgehead atoms. The van der Waals surface area contributed by atoms with Gasteiger partial charge in [-0.15, -0.1) is 0 Å². The maximum absolute atomic E-state index is 12.4. The first-order valence-electron chi connectivity index (χ1n) is 6.77. The van der Waals surface area contributed by atoms with E-state index in [1.54, 1.807) is 31.2 Å². The highest BCUT2D eigenvalue weighted by Crippen LogP contribution is 2.29. The van der Waals surface area contributed by atoms with Crippen molar-refractivity contribution in [3.8, 4) is 5.75 Å². The third-order valence-electron chi connectivity index (χ3n) is 3.72. The molecule has 0 radical (unpaired) electrons. The highest BCUT2D eigenvalue weighted by atomic mass is 16.5. The van der Waals surface area contributed by atoms with E-state index < -0.39 is 11.4 Å². The van der Waals surface area contributed by atoms with Crippen molar-refractivity contribution in [1.82, 2.24) is 0 Å². The molecule has 3 heteroatoms. The quantitative estimate of drug-likeness (QED) is 0.447. The number of rotatable bonds is 6. The Morgan fingerprint density at radius 3 is 2.26 bits per heavy atom. The van der Waals surface area contributed by atoms with Crippen LogP contribution in [0.5, 0.6) is 5.75 Å². The largest absolute Gasteiger partial charge is 0.426 e. The molecule has 2 atom stereocenters. The minimum Gasteiger partial charge on any atom is -0.426 e. The van der Waals surface area contributed by atoms with Crippen molar-refractivity contribution in [2.45, 2.75) is 40.5 Å². The van der Waals surface area contributed by atoms with Crippen molar-refractivity contribution < 1.29 is 14.3 Å². The first-order valence-corrected chi connectivity index (χ1v) is 6.77. The smallest absolute Gasteiger partial charge is 0.324 e. The molecule has 0 saturated heterocycles. The van der Waals surface area contributed by atoms with Crippen LogP contribution in [0.4, 0.5) is 0 Å². The van der Waals surface area contributed by atoms with Crippen molar-refractivity contribution >= 4 is 11.8 Å². The topological polar surface area (TPSA) is 43.4 Å². The lowest BCUT2D eigenvalue weighted by atomic mass is 9.77. The van der Waals surface area contributed by atoms with Gasteiger partial charge >= 0.3 is 5.97 Å². The summed E-state index contributed by atoms with van der Waals surface area (Å²) < 4.78 is 5.33.